The van der Waals surface area contributed by atoms with Crippen LogP contribution in [-0.4, -0.2) is 60.4 Å². The Bertz CT molecular complexity index is 851. The van der Waals surface area contributed by atoms with Gasteiger partial charge in [0.1, 0.15) is 0 Å². The third-order valence-electron chi connectivity index (χ3n) is 6.77. The molecule has 0 bridgehead atoms. The van der Waals surface area contributed by atoms with Gasteiger partial charge in [-0.3, -0.25) is 0 Å². The molecule has 10 heteroatoms. The Morgan fingerprint density at radius 1 is 1.28 bits per heavy atom. The molecule has 2 aliphatic carbocycles. The van der Waals surface area contributed by atoms with E-state index in [4.69, 9.17) is 4.52 Å². The predicted octanol–water partition coefficient (Wildman–Crippen LogP) is 1.69. The number of likely N-dealkylation sites (tertiary alicyclic amines) is 1. The maximum Gasteiger partial charge on any atom is 0.317 e. The lowest BCUT2D eigenvalue weighted by Crippen LogP contribution is -2.46. The zero-order valence-electron chi connectivity index (χ0n) is 17.2. The van der Waals surface area contributed by atoms with Gasteiger partial charge in [-0.1, -0.05) is 24.4 Å². The van der Waals surface area contributed by atoms with Crippen LogP contribution in [0.2, 0.25) is 0 Å². The number of aromatic nitrogens is 2. The molecular weight excluding hydrogens is 394 g/mol. The molecule has 9 nitrogen and oxygen atoms in total. The van der Waals surface area contributed by atoms with Crippen molar-refractivity contribution in [1.82, 2.24) is 25.1 Å². The van der Waals surface area contributed by atoms with Crippen molar-refractivity contribution in [3.05, 3.63) is 11.7 Å². The monoisotopic (exact) mass is 425 g/mol. The van der Waals surface area contributed by atoms with E-state index in [0.29, 0.717) is 37.6 Å². The molecule has 0 radical (unpaired) electrons. The molecule has 1 aromatic heterocycles. The minimum absolute atomic E-state index is 0.0346. The number of fused-ring (bicyclic) bond motifs is 1. The lowest BCUT2D eigenvalue weighted by atomic mass is 9.80. The first-order valence-corrected chi connectivity index (χ1v) is 12.3. The van der Waals surface area contributed by atoms with Gasteiger partial charge in [0.2, 0.25) is 15.9 Å². The van der Waals surface area contributed by atoms with E-state index in [9.17, 15) is 13.2 Å². The van der Waals surface area contributed by atoms with Crippen LogP contribution in [0, 0.1) is 12.8 Å². The van der Waals surface area contributed by atoms with Crippen LogP contribution in [0.1, 0.15) is 63.6 Å². The van der Waals surface area contributed by atoms with Crippen LogP contribution in [0.3, 0.4) is 0 Å². The third kappa shape index (κ3) is 4.14. The van der Waals surface area contributed by atoms with Gasteiger partial charge in [0.15, 0.2) is 5.82 Å². The maximum absolute atomic E-state index is 12.9. The van der Waals surface area contributed by atoms with Crippen molar-refractivity contribution >= 4 is 16.1 Å². The zero-order chi connectivity index (χ0) is 20.6. The molecule has 0 spiro atoms. The van der Waals surface area contributed by atoms with E-state index in [1.807, 2.05) is 4.90 Å². The van der Waals surface area contributed by atoms with Gasteiger partial charge in [0.25, 0.3) is 0 Å². The van der Waals surface area contributed by atoms with Gasteiger partial charge in [0.05, 0.1) is 11.2 Å². The number of nitrogens with zero attached hydrogens (tertiary/aromatic N) is 3. The molecule has 162 valence electrons. The topological polar surface area (TPSA) is 117 Å². The highest BCUT2D eigenvalue weighted by Crippen LogP contribution is 2.50. The lowest BCUT2D eigenvalue weighted by molar-refractivity contribution is 0.192. The van der Waals surface area contributed by atoms with Gasteiger partial charge < -0.3 is 14.7 Å². The van der Waals surface area contributed by atoms with Crippen molar-refractivity contribution in [3.63, 3.8) is 0 Å². The van der Waals surface area contributed by atoms with Crippen LogP contribution in [0.25, 0.3) is 0 Å². The highest BCUT2D eigenvalue weighted by atomic mass is 32.2. The van der Waals surface area contributed by atoms with E-state index in [0.717, 1.165) is 25.7 Å². The van der Waals surface area contributed by atoms with E-state index in [1.54, 1.807) is 13.8 Å². The summed E-state index contributed by atoms with van der Waals surface area (Å²) in [6.45, 7) is 4.45. The van der Waals surface area contributed by atoms with Crippen molar-refractivity contribution in [2.75, 3.05) is 18.8 Å². The summed E-state index contributed by atoms with van der Waals surface area (Å²) >= 11 is 0. The lowest BCUT2D eigenvalue weighted by Gasteiger charge is -2.28. The largest absolute Gasteiger partial charge is 0.339 e. The molecule has 3 atom stereocenters. The molecule has 0 unspecified atom stereocenters. The predicted molar refractivity (Wildman–Crippen MR) is 107 cm³/mol. The second-order valence-corrected chi connectivity index (χ2v) is 10.9. The number of hydrogen-bond donors (Lipinski definition) is 2. The SMILES string of the molecule is CCS(=O)(=O)N[C@@H]1C[C@H]2CN(C(=O)NC3CCCCC3)C[C@@]2(c2nc(C)no2)C1. The summed E-state index contributed by atoms with van der Waals surface area (Å²) < 4.78 is 32.5. The number of hydrogen-bond acceptors (Lipinski definition) is 6. The fourth-order valence-electron chi connectivity index (χ4n) is 5.30. The molecule has 29 heavy (non-hydrogen) atoms. The highest BCUT2D eigenvalue weighted by molar-refractivity contribution is 7.89. The molecule has 2 saturated carbocycles. The Hall–Kier alpha value is -1.68. The summed E-state index contributed by atoms with van der Waals surface area (Å²) in [5, 5.41) is 7.14. The summed E-state index contributed by atoms with van der Waals surface area (Å²) in [7, 11) is -3.30. The van der Waals surface area contributed by atoms with Crippen LogP contribution in [0.4, 0.5) is 4.79 Å². The highest BCUT2D eigenvalue weighted by Gasteiger charge is 2.58. The molecule has 0 aromatic carbocycles. The maximum atomic E-state index is 12.9. The minimum Gasteiger partial charge on any atom is -0.339 e. The van der Waals surface area contributed by atoms with Gasteiger partial charge in [-0.15, -0.1) is 0 Å². The molecular formula is C19H31N5O4S. The van der Waals surface area contributed by atoms with Crippen molar-refractivity contribution < 1.29 is 17.7 Å². The van der Waals surface area contributed by atoms with Crippen molar-refractivity contribution in [3.8, 4) is 0 Å². The second kappa shape index (κ2) is 7.86. The molecule has 2 N–H and O–H groups in total. The summed E-state index contributed by atoms with van der Waals surface area (Å²) in [4.78, 5) is 19.2. The van der Waals surface area contributed by atoms with E-state index in [-0.39, 0.29) is 29.8 Å². The van der Waals surface area contributed by atoms with Gasteiger partial charge in [-0.05, 0) is 45.4 Å². The van der Waals surface area contributed by atoms with Crippen LogP contribution in [0.15, 0.2) is 4.52 Å². The molecule has 2 heterocycles. The molecule has 1 aliphatic heterocycles. The van der Waals surface area contributed by atoms with Crippen LogP contribution < -0.4 is 10.0 Å². The number of urea groups is 1. The summed E-state index contributed by atoms with van der Waals surface area (Å²) in [5.41, 5.74) is -0.494. The average molecular weight is 426 g/mol. The summed E-state index contributed by atoms with van der Waals surface area (Å²) in [5.74, 6) is 1.21. The number of nitrogens with one attached hydrogen (secondary N) is 2. The Morgan fingerprint density at radius 3 is 2.69 bits per heavy atom. The van der Waals surface area contributed by atoms with Crippen molar-refractivity contribution in [1.29, 1.82) is 0 Å². The number of amides is 2. The molecule has 3 aliphatic rings. The first-order valence-electron chi connectivity index (χ1n) is 10.7. The van der Waals surface area contributed by atoms with Crippen LogP contribution in [0.5, 0.6) is 0 Å². The Labute approximate surface area is 172 Å². The fraction of sp³-hybridized carbons (Fsp3) is 0.842. The Morgan fingerprint density at radius 2 is 2.03 bits per heavy atom. The smallest absolute Gasteiger partial charge is 0.317 e. The molecule has 4 rings (SSSR count). The quantitative estimate of drug-likeness (QED) is 0.741. The minimum atomic E-state index is -3.30. The van der Waals surface area contributed by atoms with Gasteiger partial charge in [-0.2, -0.15) is 4.98 Å². The number of carbonyl (C=O) groups excluding carboxylic acids is 1. The Balaban J connectivity index is 1.51. The van der Waals surface area contributed by atoms with E-state index in [1.165, 1.54) is 6.42 Å². The van der Waals surface area contributed by atoms with E-state index < -0.39 is 15.4 Å². The Kier molecular flexibility index (Phi) is 5.58. The van der Waals surface area contributed by atoms with Crippen molar-refractivity contribution in [2.24, 2.45) is 5.92 Å². The van der Waals surface area contributed by atoms with Gasteiger partial charge in [-0.25, -0.2) is 17.9 Å². The van der Waals surface area contributed by atoms with E-state index >= 15 is 0 Å². The van der Waals surface area contributed by atoms with Crippen LogP contribution in [-0.2, 0) is 15.4 Å². The average Bonchev–Trinajstić information content (AvgIpc) is 3.35. The summed E-state index contributed by atoms with van der Waals surface area (Å²) in [6.07, 6.45) is 6.87. The van der Waals surface area contributed by atoms with Gasteiger partial charge >= 0.3 is 6.03 Å². The first kappa shape index (κ1) is 20.6. The number of sulfonamides is 1. The fourth-order valence-corrected chi connectivity index (χ4v) is 6.15. The molecule has 1 aromatic rings. The normalized spacial score (nSPS) is 30.5. The van der Waals surface area contributed by atoms with Crippen molar-refractivity contribution in [2.45, 2.75) is 76.3 Å². The second-order valence-electron chi connectivity index (χ2n) is 8.82. The molecule has 3 fully saturated rings. The summed E-state index contributed by atoms with van der Waals surface area (Å²) in [6, 6.07) is 0.0377. The van der Waals surface area contributed by atoms with E-state index in [2.05, 4.69) is 20.2 Å². The number of rotatable bonds is 5. The standard InChI is InChI=1S/C19H31N5O4S/c1-3-29(26,27)23-16-9-14-11-24(18(25)21-15-7-5-4-6-8-15)12-19(14,10-16)17-20-13(2)22-28-17/h14-16,23H,3-12H2,1-2H3,(H,21,25)/t14-,16+,19-/m0/s1. The third-order valence-corrected chi connectivity index (χ3v) is 8.23. The number of aryl methyl sites for hydroxylation is 1. The van der Waals surface area contributed by atoms with Gasteiger partial charge in [0, 0.05) is 25.2 Å². The first-order chi connectivity index (χ1) is 13.8. The molecule has 2 amide bonds. The zero-order valence-corrected chi connectivity index (χ0v) is 18.0. The molecule has 1 saturated heterocycles. The van der Waals surface area contributed by atoms with Crippen LogP contribution >= 0.6 is 0 Å². The number of carbonyl (C=O) groups is 1.